The lowest BCUT2D eigenvalue weighted by Gasteiger charge is -2.08. The number of benzene rings is 1. The zero-order valence-corrected chi connectivity index (χ0v) is 12.3. The smallest absolute Gasteiger partial charge is 0.406 e. The van der Waals surface area contributed by atoms with E-state index in [1.807, 2.05) is 40.4 Å². The molecule has 1 aromatic carbocycles. The van der Waals surface area contributed by atoms with E-state index in [-0.39, 0.29) is 5.75 Å². The van der Waals surface area contributed by atoms with Crippen LogP contribution in [0.2, 0.25) is 0 Å². The van der Waals surface area contributed by atoms with Gasteiger partial charge in [-0.05, 0) is 52.0 Å². The molecule has 6 heteroatoms. The van der Waals surface area contributed by atoms with Crippen LogP contribution in [0, 0.1) is 0 Å². The normalized spacial score (nSPS) is 10.6. The van der Waals surface area contributed by atoms with Gasteiger partial charge in [0.1, 0.15) is 5.75 Å². The Bertz CT molecular complexity index is 597. The minimum absolute atomic E-state index is 0.201. The standard InChI is InChI=1S/C11H7F3OS.C4H4S/c12-11(13,14)15-9-5-3-8(4-6-9)10-2-1-7-16-10;1-2-4-5-3-1/h1-7H;1-4H. The van der Waals surface area contributed by atoms with E-state index < -0.39 is 6.36 Å². The third kappa shape index (κ3) is 5.61. The third-order valence-corrected chi connectivity index (χ3v) is 3.87. The molecule has 3 rings (SSSR count). The molecule has 0 bridgehead atoms. The van der Waals surface area contributed by atoms with Gasteiger partial charge >= 0.3 is 6.36 Å². The maximum atomic E-state index is 11.9. The van der Waals surface area contributed by atoms with Crippen molar-refractivity contribution < 1.29 is 17.9 Å². The van der Waals surface area contributed by atoms with Crippen LogP contribution >= 0.6 is 22.7 Å². The van der Waals surface area contributed by atoms with Crippen molar-refractivity contribution in [3.05, 3.63) is 64.7 Å². The predicted molar refractivity (Wildman–Crippen MR) is 80.8 cm³/mol. The summed E-state index contributed by atoms with van der Waals surface area (Å²) in [5, 5.41) is 6.00. The van der Waals surface area contributed by atoms with Crippen LogP contribution < -0.4 is 4.74 Å². The maximum Gasteiger partial charge on any atom is 0.573 e. The zero-order chi connectivity index (χ0) is 15.1. The van der Waals surface area contributed by atoms with Crippen molar-refractivity contribution in [2.75, 3.05) is 0 Å². The fourth-order valence-electron chi connectivity index (χ4n) is 1.49. The Morgan fingerprint density at radius 3 is 1.90 bits per heavy atom. The van der Waals surface area contributed by atoms with E-state index in [0.717, 1.165) is 10.4 Å². The highest BCUT2D eigenvalue weighted by molar-refractivity contribution is 7.13. The Hall–Kier alpha value is -1.79. The molecule has 3 aromatic rings. The molecule has 0 unspecified atom stereocenters. The Morgan fingerprint density at radius 2 is 1.48 bits per heavy atom. The predicted octanol–water partition coefficient (Wildman–Crippen LogP) is 6.06. The van der Waals surface area contributed by atoms with Gasteiger partial charge in [-0.3, -0.25) is 0 Å². The third-order valence-electron chi connectivity index (χ3n) is 2.32. The quantitative estimate of drug-likeness (QED) is 0.555. The van der Waals surface area contributed by atoms with Crippen LogP contribution in [-0.4, -0.2) is 6.36 Å². The van der Waals surface area contributed by atoms with E-state index in [1.165, 1.54) is 23.5 Å². The molecule has 21 heavy (non-hydrogen) atoms. The summed E-state index contributed by atoms with van der Waals surface area (Å²) in [6, 6.07) is 13.7. The highest BCUT2D eigenvalue weighted by Crippen LogP contribution is 2.28. The first-order chi connectivity index (χ1) is 10.0. The average Bonchev–Trinajstić information content (AvgIpc) is 3.14. The van der Waals surface area contributed by atoms with E-state index in [9.17, 15) is 13.2 Å². The molecule has 0 aliphatic carbocycles. The first-order valence-electron chi connectivity index (χ1n) is 5.91. The Kier molecular flexibility index (Phi) is 5.41. The van der Waals surface area contributed by atoms with Crippen LogP contribution in [0.5, 0.6) is 5.75 Å². The van der Waals surface area contributed by atoms with E-state index in [4.69, 9.17) is 0 Å². The van der Waals surface area contributed by atoms with E-state index in [0.29, 0.717) is 0 Å². The molecule has 110 valence electrons. The van der Waals surface area contributed by atoms with Gasteiger partial charge in [-0.15, -0.1) is 24.5 Å². The van der Waals surface area contributed by atoms with Crippen LogP contribution in [0.15, 0.2) is 64.7 Å². The lowest BCUT2D eigenvalue weighted by molar-refractivity contribution is -0.274. The molecule has 0 amide bonds. The molecule has 0 aliphatic heterocycles. The molecule has 0 saturated carbocycles. The second-order valence-electron chi connectivity index (χ2n) is 3.84. The summed E-state index contributed by atoms with van der Waals surface area (Å²) in [5.74, 6) is -0.201. The van der Waals surface area contributed by atoms with Crippen molar-refractivity contribution in [3.63, 3.8) is 0 Å². The number of hydrogen-bond donors (Lipinski definition) is 0. The summed E-state index contributed by atoms with van der Waals surface area (Å²) in [6.07, 6.45) is -4.63. The summed E-state index contributed by atoms with van der Waals surface area (Å²) in [5.41, 5.74) is 0.879. The van der Waals surface area contributed by atoms with E-state index >= 15 is 0 Å². The number of halogens is 3. The molecular formula is C15H11F3OS2. The summed E-state index contributed by atoms with van der Waals surface area (Å²) in [4.78, 5) is 1.01. The van der Waals surface area contributed by atoms with Gasteiger partial charge in [0.25, 0.3) is 0 Å². The molecule has 0 aliphatic rings. The van der Waals surface area contributed by atoms with Gasteiger partial charge in [0, 0.05) is 4.88 Å². The van der Waals surface area contributed by atoms with Gasteiger partial charge in [-0.25, -0.2) is 0 Å². The number of alkyl halides is 3. The average molecular weight is 328 g/mol. The van der Waals surface area contributed by atoms with Crippen molar-refractivity contribution in [1.82, 2.24) is 0 Å². The van der Waals surface area contributed by atoms with Crippen molar-refractivity contribution in [2.45, 2.75) is 6.36 Å². The Morgan fingerprint density at radius 1 is 0.810 bits per heavy atom. The van der Waals surface area contributed by atoms with Crippen LogP contribution in [-0.2, 0) is 0 Å². The van der Waals surface area contributed by atoms with Gasteiger partial charge in [0.05, 0.1) is 0 Å². The Balaban J connectivity index is 0.000000272. The lowest BCUT2D eigenvalue weighted by Crippen LogP contribution is -2.16. The van der Waals surface area contributed by atoms with Gasteiger partial charge in [-0.1, -0.05) is 18.2 Å². The second kappa shape index (κ2) is 7.28. The van der Waals surface area contributed by atoms with Crippen molar-refractivity contribution >= 4 is 22.7 Å². The maximum absolute atomic E-state index is 11.9. The van der Waals surface area contributed by atoms with Gasteiger partial charge < -0.3 is 4.74 Å². The molecule has 0 fully saturated rings. The van der Waals surface area contributed by atoms with E-state index in [2.05, 4.69) is 4.74 Å². The molecule has 0 N–H and O–H groups in total. The molecule has 0 radical (unpaired) electrons. The van der Waals surface area contributed by atoms with Gasteiger partial charge in [0.2, 0.25) is 0 Å². The van der Waals surface area contributed by atoms with Crippen LogP contribution in [0.3, 0.4) is 0 Å². The summed E-state index contributed by atoms with van der Waals surface area (Å²) < 4.78 is 39.5. The van der Waals surface area contributed by atoms with Crippen molar-refractivity contribution in [2.24, 2.45) is 0 Å². The minimum Gasteiger partial charge on any atom is -0.406 e. The SMILES string of the molecule is FC(F)(F)Oc1ccc(-c2cccs2)cc1.c1ccsc1. The number of hydrogen-bond acceptors (Lipinski definition) is 3. The largest absolute Gasteiger partial charge is 0.573 e. The summed E-state index contributed by atoms with van der Waals surface area (Å²) >= 11 is 3.24. The van der Waals surface area contributed by atoms with Crippen LogP contribution in [0.1, 0.15) is 0 Å². The monoisotopic (exact) mass is 328 g/mol. The first kappa shape index (κ1) is 15.6. The molecule has 0 saturated heterocycles. The first-order valence-corrected chi connectivity index (χ1v) is 7.74. The number of ether oxygens (including phenoxy) is 1. The summed E-state index contributed by atoms with van der Waals surface area (Å²) in [7, 11) is 0. The van der Waals surface area contributed by atoms with Gasteiger partial charge in [-0.2, -0.15) is 11.3 Å². The van der Waals surface area contributed by atoms with Crippen molar-refractivity contribution in [1.29, 1.82) is 0 Å². The molecule has 0 spiro atoms. The number of rotatable bonds is 2. The molecule has 2 aromatic heterocycles. The Labute approximate surface area is 128 Å². The highest BCUT2D eigenvalue weighted by atomic mass is 32.1. The number of thiophene rings is 2. The molecular weight excluding hydrogens is 317 g/mol. The van der Waals surface area contributed by atoms with Crippen LogP contribution in [0.4, 0.5) is 13.2 Å². The van der Waals surface area contributed by atoms with E-state index in [1.54, 1.807) is 23.5 Å². The fraction of sp³-hybridized carbons (Fsp3) is 0.0667. The van der Waals surface area contributed by atoms with Crippen LogP contribution in [0.25, 0.3) is 10.4 Å². The van der Waals surface area contributed by atoms with Gasteiger partial charge in [0.15, 0.2) is 0 Å². The minimum atomic E-state index is -4.63. The fourth-order valence-corrected chi connectivity index (χ4v) is 2.68. The second-order valence-corrected chi connectivity index (χ2v) is 5.61. The summed E-state index contributed by atoms with van der Waals surface area (Å²) in [6.45, 7) is 0. The molecule has 1 nitrogen and oxygen atoms in total. The molecule has 2 heterocycles. The zero-order valence-electron chi connectivity index (χ0n) is 10.7. The van der Waals surface area contributed by atoms with Crippen molar-refractivity contribution in [3.8, 4) is 16.2 Å². The highest BCUT2D eigenvalue weighted by Gasteiger charge is 2.30. The lowest BCUT2D eigenvalue weighted by atomic mass is 10.2. The molecule has 0 atom stereocenters. The topological polar surface area (TPSA) is 9.23 Å².